The molecule has 0 heterocycles. The lowest BCUT2D eigenvalue weighted by atomic mass is 9.76. The van der Waals surface area contributed by atoms with Crippen molar-refractivity contribution in [1.29, 1.82) is 0 Å². The Labute approximate surface area is 223 Å². The lowest BCUT2D eigenvalue weighted by Crippen LogP contribution is -2.63. The van der Waals surface area contributed by atoms with Crippen molar-refractivity contribution in [3.63, 3.8) is 0 Å². The Hall–Kier alpha value is -2.61. The summed E-state index contributed by atoms with van der Waals surface area (Å²) < 4.78 is 5.60. The number of nitrogens with one attached hydrogen (secondary N) is 1. The normalized spacial score (nSPS) is 15.0. The predicted octanol–water partition coefficient (Wildman–Crippen LogP) is 4.21. The molecule has 0 aliphatic rings. The third-order valence-corrected chi connectivity index (χ3v) is 6.72. The van der Waals surface area contributed by atoms with E-state index in [1.54, 1.807) is 34.9 Å². The molecule has 0 fully saturated rings. The summed E-state index contributed by atoms with van der Waals surface area (Å²) in [7, 11) is 3.19. The van der Waals surface area contributed by atoms with Crippen LogP contribution >= 0.6 is 0 Å². The predicted molar refractivity (Wildman–Crippen MR) is 147 cm³/mol. The average Bonchev–Trinajstić information content (AvgIpc) is 2.75. The molecule has 0 aliphatic carbocycles. The van der Waals surface area contributed by atoms with Crippen LogP contribution < -0.4 is 5.32 Å². The molecule has 3 atom stereocenters. The van der Waals surface area contributed by atoms with Gasteiger partial charge in [-0.3, -0.25) is 14.5 Å². The molecule has 0 aromatic heterocycles. The lowest BCUT2D eigenvalue weighted by molar-refractivity contribution is -0.143. The minimum atomic E-state index is -0.980. The van der Waals surface area contributed by atoms with Gasteiger partial charge in [0.1, 0.15) is 17.7 Å². The molecule has 0 radical (unpaired) electrons. The SMILES string of the molecule is CC(C)C(CO)N(C)C(=O)C(NC(=O)C(N(C)C(=O)OC(C)(C)C)C(C)(C)c1ccccc1)C(C)(C)C. The van der Waals surface area contributed by atoms with E-state index in [2.05, 4.69) is 5.32 Å². The fraction of sp³-hybridized carbons (Fsp3) is 0.690. The number of hydrogen-bond acceptors (Lipinski definition) is 5. The Morgan fingerprint density at radius 1 is 0.919 bits per heavy atom. The number of rotatable bonds is 9. The first-order valence-electron chi connectivity index (χ1n) is 12.9. The molecule has 0 saturated carbocycles. The number of benzene rings is 1. The highest BCUT2D eigenvalue weighted by atomic mass is 16.6. The molecule has 8 heteroatoms. The number of amides is 3. The summed E-state index contributed by atoms with van der Waals surface area (Å²) in [5, 5.41) is 12.9. The Kier molecular flexibility index (Phi) is 10.8. The van der Waals surface area contributed by atoms with Crippen molar-refractivity contribution in [2.75, 3.05) is 20.7 Å². The zero-order valence-electron chi connectivity index (χ0n) is 24.9. The van der Waals surface area contributed by atoms with E-state index in [0.29, 0.717) is 0 Å². The van der Waals surface area contributed by atoms with Crippen LogP contribution in [0, 0.1) is 11.3 Å². The van der Waals surface area contributed by atoms with Gasteiger partial charge in [0.05, 0.1) is 12.6 Å². The molecule has 37 heavy (non-hydrogen) atoms. The van der Waals surface area contributed by atoms with E-state index in [1.807, 2.05) is 78.8 Å². The molecular formula is C29H49N3O5. The molecule has 8 nitrogen and oxygen atoms in total. The first kappa shape index (κ1) is 32.4. The Morgan fingerprint density at radius 2 is 1.43 bits per heavy atom. The van der Waals surface area contributed by atoms with E-state index in [9.17, 15) is 19.5 Å². The standard InChI is InChI=1S/C29H49N3O5/c1-19(2)21(18-33)31(11)25(35)22(27(3,4)5)30-24(34)23(32(12)26(36)37-28(6,7)8)29(9,10)20-16-14-13-15-17-20/h13-17,19,21-23,33H,18H2,1-12H3,(H,30,34). The highest BCUT2D eigenvalue weighted by Crippen LogP contribution is 2.32. The van der Waals surface area contributed by atoms with E-state index < -0.39 is 46.6 Å². The second-order valence-corrected chi connectivity index (χ2v) is 12.8. The van der Waals surface area contributed by atoms with Gasteiger partial charge in [-0.25, -0.2) is 4.79 Å². The van der Waals surface area contributed by atoms with Gasteiger partial charge in [0, 0.05) is 19.5 Å². The topological polar surface area (TPSA) is 99.2 Å². The summed E-state index contributed by atoms with van der Waals surface area (Å²) in [6, 6.07) is 7.23. The molecule has 1 aromatic carbocycles. The highest BCUT2D eigenvalue weighted by Gasteiger charge is 2.45. The molecule has 0 saturated heterocycles. The van der Waals surface area contributed by atoms with Gasteiger partial charge in [0.15, 0.2) is 0 Å². The summed E-state index contributed by atoms with van der Waals surface area (Å²) in [6.07, 6.45) is -0.632. The Bertz CT molecular complexity index is 916. The van der Waals surface area contributed by atoms with Gasteiger partial charge in [-0.2, -0.15) is 0 Å². The van der Waals surface area contributed by atoms with Crippen molar-refractivity contribution < 1.29 is 24.2 Å². The van der Waals surface area contributed by atoms with Crippen LogP contribution in [0.15, 0.2) is 30.3 Å². The van der Waals surface area contributed by atoms with Gasteiger partial charge >= 0.3 is 6.09 Å². The van der Waals surface area contributed by atoms with Gasteiger partial charge in [-0.15, -0.1) is 0 Å². The van der Waals surface area contributed by atoms with Crippen molar-refractivity contribution in [2.45, 2.75) is 98.4 Å². The van der Waals surface area contributed by atoms with E-state index in [1.165, 1.54) is 9.80 Å². The van der Waals surface area contributed by atoms with Crippen LogP contribution in [0.1, 0.15) is 74.8 Å². The van der Waals surface area contributed by atoms with Crippen LogP contribution in [0.4, 0.5) is 4.79 Å². The van der Waals surface area contributed by atoms with E-state index in [4.69, 9.17) is 4.74 Å². The molecule has 3 unspecified atom stereocenters. The number of nitrogens with zero attached hydrogens (tertiary/aromatic N) is 2. The maximum Gasteiger partial charge on any atom is 0.410 e. The summed E-state index contributed by atoms with van der Waals surface area (Å²) in [5.41, 5.74) is -1.34. The zero-order valence-corrected chi connectivity index (χ0v) is 24.9. The van der Waals surface area contributed by atoms with Crippen LogP contribution in [-0.4, -0.2) is 77.2 Å². The number of aliphatic hydroxyl groups is 1. The fourth-order valence-electron chi connectivity index (χ4n) is 4.47. The zero-order chi connectivity index (χ0) is 28.9. The van der Waals surface area contributed by atoms with Crippen molar-refractivity contribution >= 4 is 17.9 Å². The Balaban J connectivity index is 3.52. The largest absolute Gasteiger partial charge is 0.444 e. The first-order chi connectivity index (χ1) is 16.8. The molecule has 0 spiro atoms. The molecule has 0 aliphatic heterocycles. The summed E-state index contributed by atoms with van der Waals surface area (Å²) in [4.78, 5) is 43.7. The summed E-state index contributed by atoms with van der Waals surface area (Å²) >= 11 is 0. The monoisotopic (exact) mass is 519 g/mol. The minimum Gasteiger partial charge on any atom is -0.444 e. The molecule has 1 aromatic rings. The van der Waals surface area contributed by atoms with Crippen LogP contribution in [0.25, 0.3) is 0 Å². The van der Waals surface area contributed by atoms with Crippen LogP contribution in [0.2, 0.25) is 0 Å². The number of carbonyl (C=O) groups is 3. The number of ether oxygens (including phenoxy) is 1. The lowest BCUT2D eigenvalue weighted by Gasteiger charge is -2.42. The minimum absolute atomic E-state index is 0.0262. The van der Waals surface area contributed by atoms with Crippen LogP contribution in [-0.2, 0) is 19.7 Å². The fourth-order valence-corrected chi connectivity index (χ4v) is 4.47. The van der Waals surface area contributed by atoms with Crippen molar-refractivity contribution in [3.05, 3.63) is 35.9 Å². The van der Waals surface area contributed by atoms with Crippen molar-refractivity contribution in [2.24, 2.45) is 11.3 Å². The number of hydrogen-bond donors (Lipinski definition) is 2. The molecule has 2 N–H and O–H groups in total. The molecule has 0 bridgehead atoms. The maximum atomic E-state index is 14.1. The van der Waals surface area contributed by atoms with Gasteiger partial charge in [-0.05, 0) is 37.7 Å². The number of aliphatic hydroxyl groups excluding tert-OH is 1. The molecule has 1 rings (SSSR count). The summed E-state index contributed by atoms with van der Waals surface area (Å²) in [5.74, 6) is -0.739. The van der Waals surface area contributed by atoms with E-state index in [-0.39, 0.29) is 18.4 Å². The van der Waals surface area contributed by atoms with Crippen molar-refractivity contribution in [3.8, 4) is 0 Å². The maximum absolute atomic E-state index is 14.1. The van der Waals surface area contributed by atoms with Crippen LogP contribution in [0.5, 0.6) is 0 Å². The first-order valence-corrected chi connectivity index (χ1v) is 12.9. The van der Waals surface area contributed by atoms with Gasteiger partial charge in [-0.1, -0.05) is 78.8 Å². The van der Waals surface area contributed by atoms with Crippen LogP contribution in [0.3, 0.4) is 0 Å². The molecule has 3 amide bonds. The van der Waals surface area contributed by atoms with E-state index in [0.717, 1.165) is 5.56 Å². The molecular weight excluding hydrogens is 470 g/mol. The summed E-state index contributed by atoms with van der Waals surface area (Å²) in [6.45, 7) is 18.4. The second kappa shape index (κ2) is 12.3. The highest BCUT2D eigenvalue weighted by molar-refractivity contribution is 5.93. The van der Waals surface area contributed by atoms with E-state index >= 15 is 0 Å². The number of carbonyl (C=O) groups excluding carboxylic acids is 3. The second-order valence-electron chi connectivity index (χ2n) is 12.8. The smallest absolute Gasteiger partial charge is 0.410 e. The third kappa shape index (κ3) is 8.45. The molecule has 210 valence electrons. The third-order valence-electron chi connectivity index (χ3n) is 6.72. The van der Waals surface area contributed by atoms with Gasteiger partial charge < -0.3 is 20.1 Å². The quantitative estimate of drug-likeness (QED) is 0.509. The Morgan fingerprint density at radius 3 is 1.84 bits per heavy atom. The average molecular weight is 520 g/mol. The number of likely N-dealkylation sites (N-methyl/N-ethyl adjacent to an activating group) is 2. The van der Waals surface area contributed by atoms with Crippen molar-refractivity contribution in [1.82, 2.24) is 15.1 Å². The van der Waals surface area contributed by atoms with Gasteiger partial charge in [0.2, 0.25) is 11.8 Å². The van der Waals surface area contributed by atoms with Gasteiger partial charge in [0.25, 0.3) is 0 Å².